The second kappa shape index (κ2) is 7.07. The molecule has 0 aliphatic carbocycles. The van der Waals surface area contributed by atoms with E-state index in [1.165, 1.54) is 7.11 Å². The lowest BCUT2D eigenvalue weighted by molar-refractivity contribution is -0.150. The van der Waals surface area contributed by atoms with E-state index >= 15 is 0 Å². The molecule has 1 rings (SSSR count). The van der Waals surface area contributed by atoms with Crippen LogP contribution in [0.25, 0.3) is 0 Å². The molecule has 0 heterocycles. The molecule has 0 N–H and O–H groups in total. The Morgan fingerprint density at radius 2 is 1.94 bits per heavy atom. The molecule has 0 aromatic heterocycles. The molecule has 3 heteroatoms. The van der Waals surface area contributed by atoms with Crippen LogP contribution in [0.1, 0.15) is 25.8 Å². The highest BCUT2D eigenvalue weighted by Gasteiger charge is 2.23. The number of esters is 1. The van der Waals surface area contributed by atoms with E-state index in [1.54, 1.807) is 0 Å². The molecule has 3 nitrogen and oxygen atoms in total. The molecular formula is C14H20O3. The lowest BCUT2D eigenvalue weighted by atomic mass is 10.0. The molecule has 0 saturated heterocycles. The molecule has 0 amide bonds. The molecule has 0 bridgehead atoms. The average Bonchev–Trinajstić information content (AvgIpc) is 2.39. The fourth-order valence-electron chi connectivity index (χ4n) is 1.73. The summed E-state index contributed by atoms with van der Waals surface area (Å²) in [7, 11) is 1.41. The summed E-state index contributed by atoms with van der Waals surface area (Å²) in [6.45, 7) is 4.38. The summed E-state index contributed by atoms with van der Waals surface area (Å²) in [4.78, 5) is 11.4. The van der Waals surface area contributed by atoms with Crippen LogP contribution in [0.3, 0.4) is 0 Å². The highest BCUT2D eigenvalue weighted by atomic mass is 16.5. The first-order chi connectivity index (χ1) is 8.19. The van der Waals surface area contributed by atoms with E-state index in [-0.39, 0.29) is 18.0 Å². The van der Waals surface area contributed by atoms with Gasteiger partial charge in [-0.05, 0) is 18.9 Å². The van der Waals surface area contributed by atoms with Crippen LogP contribution < -0.4 is 0 Å². The predicted molar refractivity (Wildman–Crippen MR) is 66.5 cm³/mol. The molecule has 1 aromatic carbocycles. The van der Waals surface area contributed by atoms with Crippen LogP contribution in [0.5, 0.6) is 0 Å². The van der Waals surface area contributed by atoms with Gasteiger partial charge in [0.25, 0.3) is 0 Å². The van der Waals surface area contributed by atoms with Gasteiger partial charge in [-0.1, -0.05) is 37.3 Å². The van der Waals surface area contributed by atoms with Gasteiger partial charge in [-0.15, -0.1) is 0 Å². The number of rotatable bonds is 6. The second-order valence-corrected chi connectivity index (χ2v) is 4.06. The first-order valence-corrected chi connectivity index (χ1v) is 5.92. The van der Waals surface area contributed by atoms with Crippen molar-refractivity contribution in [1.82, 2.24) is 0 Å². The molecule has 2 atom stereocenters. The lowest BCUT2D eigenvalue weighted by Crippen LogP contribution is -2.28. The first-order valence-electron chi connectivity index (χ1n) is 5.92. The third kappa shape index (κ3) is 4.19. The van der Waals surface area contributed by atoms with E-state index in [0.29, 0.717) is 6.61 Å². The maximum absolute atomic E-state index is 11.4. The number of ether oxygens (including phenoxy) is 2. The third-order valence-corrected chi connectivity index (χ3v) is 2.84. The van der Waals surface area contributed by atoms with Crippen LogP contribution in [-0.2, 0) is 20.9 Å². The highest BCUT2D eigenvalue weighted by Crippen LogP contribution is 2.15. The number of hydrogen-bond donors (Lipinski definition) is 0. The van der Waals surface area contributed by atoms with E-state index in [2.05, 4.69) is 0 Å². The number of hydrogen-bond acceptors (Lipinski definition) is 3. The van der Waals surface area contributed by atoms with E-state index in [1.807, 2.05) is 44.2 Å². The summed E-state index contributed by atoms with van der Waals surface area (Å²) in [5.41, 5.74) is 1.11. The minimum absolute atomic E-state index is 0.0948. The quantitative estimate of drug-likeness (QED) is 0.712. The molecule has 0 radical (unpaired) electrons. The van der Waals surface area contributed by atoms with Crippen molar-refractivity contribution in [3.63, 3.8) is 0 Å². The molecule has 0 aliphatic heterocycles. The van der Waals surface area contributed by atoms with Gasteiger partial charge in [0.05, 0.1) is 25.7 Å². The highest BCUT2D eigenvalue weighted by molar-refractivity contribution is 5.72. The molecule has 0 fully saturated rings. The fraction of sp³-hybridized carbons (Fsp3) is 0.500. The molecule has 17 heavy (non-hydrogen) atoms. The average molecular weight is 236 g/mol. The van der Waals surface area contributed by atoms with Crippen LogP contribution in [0.2, 0.25) is 0 Å². The summed E-state index contributed by atoms with van der Waals surface area (Å²) in [5.74, 6) is -0.446. The SMILES string of the molecule is CC[C@@H](OCc1ccccc1)[C@@H](C)C(=O)OC. The number of methoxy groups -OCH3 is 1. The molecular weight excluding hydrogens is 216 g/mol. The van der Waals surface area contributed by atoms with Crippen LogP contribution in [0.15, 0.2) is 30.3 Å². The van der Waals surface area contributed by atoms with Gasteiger partial charge in [0.1, 0.15) is 0 Å². The zero-order chi connectivity index (χ0) is 12.7. The Morgan fingerprint density at radius 3 is 2.47 bits per heavy atom. The summed E-state index contributed by atoms with van der Waals surface area (Å²) in [6.07, 6.45) is 0.700. The zero-order valence-corrected chi connectivity index (χ0v) is 10.7. The van der Waals surface area contributed by atoms with Crippen LogP contribution >= 0.6 is 0 Å². The van der Waals surface area contributed by atoms with Gasteiger partial charge in [-0.25, -0.2) is 0 Å². The van der Waals surface area contributed by atoms with E-state index < -0.39 is 0 Å². The molecule has 0 aliphatic rings. The van der Waals surface area contributed by atoms with E-state index in [9.17, 15) is 4.79 Å². The Hall–Kier alpha value is -1.35. The minimum atomic E-state index is -0.228. The molecule has 1 aromatic rings. The first kappa shape index (κ1) is 13.7. The summed E-state index contributed by atoms with van der Waals surface area (Å²) >= 11 is 0. The maximum Gasteiger partial charge on any atom is 0.311 e. The van der Waals surface area contributed by atoms with Gasteiger partial charge in [0.15, 0.2) is 0 Å². The molecule has 0 spiro atoms. The Balaban J connectivity index is 2.50. The normalized spacial score (nSPS) is 14.1. The third-order valence-electron chi connectivity index (χ3n) is 2.84. The number of carbonyl (C=O) groups is 1. The molecule has 0 unspecified atom stereocenters. The van der Waals surface area contributed by atoms with Crippen LogP contribution in [0.4, 0.5) is 0 Å². The van der Waals surface area contributed by atoms with E-state index in [0.717, 1.165) is 12.0 Å². The van der Waals surface area contributed by atoms with Crippen molar-refractivity contribution in [2.24, 2.45) is 5.92 Å². The second-order valence-electron chi connectivity index (χ2n) is 4.06. The molecule has 0 saturated carbocycles. The largest absolute Gasteiger partial charge is 0.469 e. The van der Waals surface area contributed by atoms with Crippen molar-refractivity contribution >= 4 is 5.97 Å². The van der Waals surface area contributed by atoms with Crippen molar-refractivity contribution in [3.05, 3.63) is 35.9 Å². The summed E-state index contributed by atoms with van der Waals surface area (Å²) < 4.78 is 10.5. The Bertz CT molecular complexity index is 335. The van der Waals surface area contributed by atoms with Crippen molar-refractivity contribution in [3.8, 4) is 0 Å². The standard InChI is InChI=1S/C14H20O3/c1-4-13(11(2)14(15)16-3)17-10-12-8-6-5-7-9-12/h5-9,11,13H,4,10H2,1-3H3/t11-,13-/m1/s1. The van der Waals surface area contributed by atoms with Crippen molar-refractivity contribution in [2.45, 2.75) is 33.0 Å². The van der Waals surface area contributed by atoms with Gasteiger partial charge in [0, 0.05) is 0 Å². The van der Waals surface area contributed by atoms with Gasteiger partial charge < -0.3 is 9.47 Å². The van der Waals surface area contributed by atoms with Crippen LogP contribution in [0, 0.1) is 5.92 Å². The van der Waals surface area contributed by atoms with Gasteiger partial charge >= 0.3 is 5.97 Å². The number of carbonyl (C=O) groups excluding carboxylic acids is 1. The lowest BCUT2D eigenvalue weighted by Gasteiger charge is -2.21. The maximum atomic E-state index is 11.4. The smallest absolute Gasteiger partial charge is 0.311 e. The van der Waals surface area contributed by atoms with Crippen molar-refractivity contribution < 1.29 is 14.3 Å². The summed E-state index contributed by atoms with van der Waals surface area (Å²) in [6, 6.07) is 9.94. The Labute approximate surface area is 103 Å². The van der Waals surface area contributed by atoms with Gasteiger partial charge in [-0.3, -0.25) is 4.79 Å². The van der Waals surface area contributed by atoms with Crippen LogP contribution in [-0.4, -0.2) is 19.2 Å². The zero-order valence-electron chi connectivity index (χ0n) is 10.7. The predicted octanol–water partition coefficient (Wildman–Crippen LogP) is 2.79. The Morgan fingerprint density at radius 1 is 1.29 bits per heavy atom. The van der Waals surface area contributed by atoms with Crippen molar-refractivity contribution in [2.75, 3.05) is 7.11 Å². The Kier molecular flexibility index (Phi) is 5.70. The van der Waals surface area contributed by atoms with E-state index in [4.69, 9.17) is 9.47 Å². The summed E-state index contributed by atoms with van der Waals surface area (Å²) in [5, 5.41) is 0. The van der Waals surface area contributed by atoms with Gasteiger partial charge in [0.2, 0.25) is 0 Å². The topological polar surface area (TPSA) is 35.5 Å². The number of benzene rings is 1. The molecule has 94 valence electrons. The van der Waals surface area contributed by atoms with Gasteiger partial charge in [-0.2, -0.15) is 0 Å². The van der Waals surface area contributed by atoms with Crippen molar-refractivity contribution in [1.29, 1.82) is 0 Å². The monoisotopic (exact) mass is 236 g/mol. The minimum Gasteiger partial charge on any atom is -0.469 e. The fourth-order valence-corrected chi connectivity index (χ4v) is 1.73.